The Morgan fingerprint density at radius 2 is 1.62 bits per heavy atom. The van der Waals surface area contributed by atoms with Gasteiger partial charge in [0.25, 0.3) is 0 Å². The van der Waals surface area contributed by atoms with Crippen molar-refractivity contribution in [1.29, 1.82) is 5.26 Å². The van der Waals surface area contributed by atoms with Gasteiger partial charge in [-0.15, -0.1) is 0 Å². The molecule has 0 aliphatic rings. The fraction of sp³-hybridized carbons (Fsp3) is 0.0769. The molecule has 3 heteroatoms. The summed E-state index contributed by atoms with van der Waals surface area (Å²) in [4.78, 5) is 0. The molecule has 2 rings (SSSR count). The molecule has 80 valence electrons. The SMILES string of the molecule is N#Cc1ccc(C[n+]2ccccc2)cc1.[Cl-]. The Kier molecular flexibility index (Phi) is 4.50. The third-order valence-electron chi connectivity index (χ3n) is 2.23. The quantitative estimate of drug-likeness (QED) is 0.602. The van der Waals surface area contributed by atoms with Crippen molar-refractivity contribution in [2.24, 2.45) is 0 Å². The maximum absolute atomic E-state index is 8.66. The molecule has 0 radical (unpaired) electrons. The van der Waals surface area contributed by atoms with Crippen LogP contribution in [0.25, 0.3) is 0 Å². The van der Waals surface area contributed by atoms with E-state index in [-0.39, 0.29) is 12.4 Å². The van der Waals surface area contributed by atoms with Gasteiger partial charge >= 0.3 is 0 Å². The zero-order valence-electron chi connectivity index (χ0n) is 8.68. The first-order chi connectivity index (χ1) is 7.38. The van der Waals surface area contributed by atoms with E-state index in [1.807, 2.05) is 54.9 Å². The average molecular weight is 231 g/mol. The summed E-state index contributed by atoms with van der Waals surface area (Å²) in [6.07, 6.45) is 4.05. The van der Waals surface area contributed by atoms with Gasteiger partial charge in [0.05, 0.1) is 11.6 Å². The molecule has 0 fully saturated rings. The third kappa shape index (κ3) is 3.08. The lowest BCUT2D eigenvalue weighted by Crippen LogP contribution is -3.00. The highest BCUT2D eigenvalue weighted by molar-refractivity contribution is 5.31. The normalized spacial score (nSPS) is 8.94. The van der Waals surface area contributed by atoms with Crippen molar-refractivity contribution in [3.8, 4) is 6.07 Å². The van der Waals surface area contributed by atoms with Crippen LogP contribution < -0.4 is 17.0 Å². The highest BCUT2D eigenvalue weighted by atomic mass is 35.5. The number of rotatable bonds is 2. The molecular formula is C13H11ClN2. The summed E-state index contributed by atoms with van der Waals surface area (Å²) in [5.74, 6) is 0. The van der Waals surface area contributed by atoms with Gasteiger partial charge in [-0.05, 0) is 12.1 Å². The van der Waals surface area contributed by atoms with Crippen LogP contribution in [-0.4, -0.2) is 0 Å². The number of hydrogen-bond acceptors (Lipinski definition) is 1. The van der Waals surface area contributed by atoms with Crippen molar-refractivity contribution in [1.82, 2.24) is 0 Å². The second-order valence-corrected chi connectivity index (χ2v) is 3.36. The van der Waals surface area contributed by atoms with Crippen LogP contribution in [0.1, 0.15) is 11.1 Å². The van der Waals surface area contributed by atoms with E-state index in [0.717, 1.165) is 6.54 Å². The van der Waals surface area contributed by atoms with Gasteiger partial charge in [-0.2, -0.15) is 5.26 Å². The molecule has 0 aliphatic heterocycles. The number of pyridine rings is 1. The van der Waals surface area contributed by atoms with Crippen LogP contribution in [0, 0.1) is 11.3 Å². The van der Waals surface area contributed by atoms with Gasteiger partial charge in [0, 0.05) is 17.7 Å². The monoisotopic (exact) mass is 230 g/mol. The van der Waals surface area contributed by atoms with Gasteiger partial charge in [-0.3, -0.25) is 0 Å². The molecule has 1 aromatic carbocycles. The van der Waals surface area contributed by atoms with Crippen LogP contribution >= 0.6 is 0 Å². The molecule has 0 N–H and O–H groups in total. The van der Waals surface area contributed by atoms with Crippen molar-refractivity contribution in [2.75, 3.05) is 0 Å². The topological polar surface area (TPSA) is 27.7 Å². The van der Waals surface area contributed by atoms with Crippen LogP contribution in [0.2, 0.25) is 0 Å². The van der Waals surface area contributed by atoms with Crippen LogP contribution in [0.15, 0.2) is 54.9 Å². The smallest absolute Gasteiger partial charge is 0.173 e. The second kappa shape index (κ2) is 5.89. The molecule has 1 heterocycles. The molecule has 2 aromatic rings. The van der Waals surface area contributed by atoms with E-state index in [1.54, 1.807) is 0 Å². The highest BCUT2D eigenvalue weighted by Crippen LogP contribution is 2.02. The van der Waals surface area contributed by atoms with E-state index in [0.29, 0.717) is 5.56 Å². The number of hydrogen-bond donors (Lipinski definition) is 0. The van der Waals surface area contributed by atoms with E-state index in [1.165, 1.54) is 5.56 Å². The first-order valence-electron chi connectivity index (χ1n) is 4.81. The first-order valence-corrected chi connectivity index (χ1v) is 4.81. The summed E-state index contributed by atoms with van der Waals surface area (Å²) in [5, 5.41) is 8.66. The van der Waals surface area contributed by atoms with Gasteiger partial charge in [-0.25, -0.2) is 4.57 Å². The minimum Gasteiger partial charge on any atom is -1.00 e. The van der Waals surface area contributed by atoms with Gasteiger partial charge < -0.3 is 12.4 Å². The Morgan fingerprint density at radius 3 is 2.19 bits per heavy atom. The molecule has 0 spiro atoms. The van der Waals surface area contributed by atoms with E-state index in [4.69, 9.17) is 5.26 Å². The Hall–Kier alpha value is -1.85. The van der Waals surface area contributed by atoms with E-state index in [2.05, 4.69) is 10.6 Å². The fourth-order valence-electron chi connectivity index (χ4n) is 1.44. The third-order valence-corrected chi connectivity index (χ3v) is 2.23. The fourth-order valence-corrected chi connectivity index (χ4v) is 1.44. The van der Waals surface area contributed by atoms with Crippen molar-refractivity contribution in [3.63, 3.8) is 0 Å². The van der Waals surface area contributed by atoms with Gasteiger partial charge in [0.2, 0.25) is 0 Å². The summed E-state index contributed by atoms with van der Waals surface area (Å²) in [7, 11) is 0. The maximum Gasteiger partial charge on any atom is 0.173 e. The maximum atomic E-state index is 8.66. The van der Waals surface area contributed by atoms with Gasteiger partial charge in [0.1, 0.15) is 0 Å². The minimum absolute atomic E-state index is 0. The standard InChI is InChI=1S/C13H11N2.ClH/c14-10-12-4-6-13(7-5-12)11-15-8-2-1-3-9-15;/h1-9H,11H2;1H/q+1;/p-1. The summed E-state index contributed by atoms with van der Waals surface area (Å²) >= 11 is 0. The van der Waals surface area contributed by atoms with E-state index < -0.39 is 0 Å². The number of nitrogens with zero attached hydrogens (tertiary/aromatic N) is 2. The number of benzene rings is 1. The predicted octanol–water partition coefficient (Wildman–Crippen LogP) is -1.10. The second-order valence-electron chi connectivity index (χ2n) is 3.36. The number of halogens is 1. The molecule has 0 bridgehead atoms. The van der Waals surface area contributed by atoms with Crippen molar-refractivity contribution in [2.45, 2.75) is 6.54 Å². The summed E-state index contributed by atoms with van der Waals surface area (Å²) in [5.41, 5.74) is 1.90. The lowest BCUT2D eigenvalue weighted by molar-refractivity contribution is -0.688. The molecule has 0 aliphatic carbocycles. The lowest BCUT2D eigenvalue weighted by Gasteiger charge is -1.97. The predicted molar refractivity (Wildman–Crippen MR) is 56.9 cm³/mol. The summed E-state index contributed by atoms with van der Waals surface area (Å²) in [6, 6.07) is 15.8. The molecule has 1 aromatic heterocycles. The molecule has 16 heavy (non-hydrogen) atoms. The van der Waals surface area contributed by atoms with Gasteiger partial charge in [0.15, 0.2) is 18.9 Å². The Bertz CT molecular complexity index is 472. The van der Waals surface area contributed by atoms with Crippen molar-refractivity contribution >= 4 is 0 Å². The molecule has 0 saturated heterocycles. The van der Waals surface area contributed by atoms with Crippen LogP contribution in [0.3, 0.4) is 0 Å². The van der Waals surface area contributed by atoms with Crippen molar-refractivity contribution in [3.05, 3.63) is 66.0 Å². The summed E-state index contributed by atoms with van der Waals surface area (Å²) < 4.78 is 2.10. The Morgan fingerprint density at radius 1 is 1.00 bits per heavy atom. The van der Waals surface area contributed by atoms with Crippen LogP contribution in [-0.2, 0) is 6.54 Å². The van der Waals surface area contributed by atoms with Crippen LogP contribution in [0.4, 0.5) is 0 Å². The lowest BCUT2D eigenvalue weighted by atomic mass is 10.1. The van der Waals surface area contributed by atoms with E-state index >= 15 is 0 Å². The Labute approximate surface area is 101 Å². The highest BCUT2D eigenvalue weighted by Gasteiger charge is 2.00. The molecule has 2 nitrogen and oxygen atoms in total. The van der Waals surface area contributed by atoms with Crippen LogP contribution in [0.5, 0.6) is 0 Å². The van der Waals surface area contributed by atoms with E-state index in [9.17, 15) is 0 Å². The zero-order chi connectivity index (χ0) is 10.5. The van der Waals surface area contributed by atoms with Crippen molar-refractivity contribution < 1.29 is 17.0 Å². The average Bonchev–Trinajstić information content (AvgIpc) is 2.31. The Balaban J connectivity index is 0.00000128. The minimum atomic E-state index is 0. The van der Waals surface area contributed by atoms with Gasteiger partial charge in [-0.1, -0.05) is 18.2 Å². The largest absolute Gasteiger partial charge is 1.00 e. The first kappa shape index (κ1) is 12.2. The number of nitriles is 1. The molecule has 0 unspecified atom stereocenters. The molecule has 0 atom stereocenters. The molecule has 0 amide bonds. The zero-order valence-corrected chi connectivity index (χ0v) is 9.43. The number of aromatic nitrogens is 1. The summed E-state index contributed by atoms with van der Waals surface area (Å²) in [6.45, 7) is 0.840. The molecular weight excluding hydrogens is 220 g/mol. The molecule has 0 saturated carbocycles.